The lowest BCUT2D eigenvalue weighted by atomic mass is 9.96. The summed E-state index contributed by atoms with van der Waals surface area (Å²) in [5.41, 5.74) is 2.70. The van der Waals surface area contributed by atoms with E-state index in [0.717, 1.165) is 12.5 Å². The first-order chi connectivity index (χ1) is 9.36. The number of rotatable bonds is 8. The van der Waals surface area contributed by atoms with Crippen molar-refractivity contribution in [3.63, 3.8) is 0 Å². The van der Waals surface area contributed by atoms with Crippen molar-refractivity contribution in [3.05, 3.63) is 0 Å². The van der Waals surface area contributed by atoms with Crippen molar-refractivity contribution < 1.29 is 0 Å². The minimum atomic E-state index is 0.563. The van der Waals surface area contributed by atoms with E-state index in [1.54, 1.807) is 0 Å². The molecule has 0 radical (unpaired) electrons. The Morgan fingerprint density at radius 3 is 2.42 bits per heavy atom. The fourth-order valence-corrected chi connectivity index (χ4v) is 2.66. The third-order valence-corrected chi connectivity index (χ3v) is 3.86. The molecule has 0 saturated heterocycles. The van der Waals surface area contributed by atoms with Gasteiger partial charge in [0.25, 0.3) is 0 Å². The standard InChI is InChI=1S/C15H32N4/c1-2-3-4-5-6-10-13-17-15(19-16)18-14-11-8-7-9-12-14/h14H,2-13,16H2,1H3,(H2,17,18,19). The van der Waals surface area contributed by atoms with Gasteiger partial charge in [0.2, 0.25) is 5.96 Å². The normalized spacial score (nSPS) is 17.5. The van der Waals surface area contributed by atoms with Crippen LogP contribution in [0.1, 0.15) is 77.6 Å². The van der Waals surface area contributed by atoms with Crippen LogP contribution in [0.2, 0.25) is 0 Å². The van der Waals surface area contributed by atoms with Crippen LogP contribution in [0.5, 0.6) is 0 Å². The van der Waals surface area contributed by atoms with E-state index in [1.807, 2.05) is 0 Å². The van der Waals surface area contributed by atoms with Crippen molar-refractivity contribution in [2.75, 3.05) is 6.54 Å². The summed E-state index contributed by atoms with van der Waals surface area (Å²) in [6.07, 6.45) is 14.3. The van der Waals surface area contributed by atoms with E-state index < -0.39 is 0 Å². The average Bonchev–Trinajstić information content (AvgIpc) is 2.46. The van der Waals surface area contributed by atoms with Crippen LogP contribution < -0.4 is 16.6 Å². The molecule has 1 aliphatic rings. The van der Waals surface area contributed by atoms with Crippen LogP contribution in [0, 0.1) is 0 Å². The smallest absolute Gasteiger partial charge is 0.205 e. The lowest BCUT2D eigenvalue weighted by Gasteiger charge is -2.24. The van der Waals surface area contributed by atoms with Gasteiger partial charge in [0.15, 0.2) is 0 Å². The summed E-state index contributed by atoms with van der Waals surface area (Å²) in [5, 5.41) is 3.43. The maximum atomic E-state index is 5.53. The molecule has 1 saturated carbocycles. The van der Waals surface area contributed by atoms with Gasteiger partial charge in [0.1, 0.15) is 0 Å². The Kier molecular flexibility index (Phi) is 9.51. The molecule has 0 aromatic rings. The monoisotopic (exact) mass is 268 g/mol. The largest absolute Gasteiger partial charge is 0.353 e. The van der Waals surface area contributed by atoms with Gasteiger partial charge >= 0.3 is 0 Å². The molecular weight excluding hydrogens is 236 g/mol. The van der Waals surface area contributed by atoms with Gasteiger partial charge in [-0.1, -0.05) is 58.3 Å². The van der Waals surface area contributed by atoms with Gasteiger partial charge in [-0.05, 0) is 19.3 Å². The highest BCUT2D eigenvalue weighted by atomic mass is 15.3. The molecule has 0 aromatic heterocycles. The van der Waals surface area contributed by atoms with Gasteiger partial charge in [-0.15, -0.1) is 0 Å². The van der Waals surface area contributed by atoms with E-state index in [1.165, 1.54) is 70.6 Å². The maximum absolute atomic E-state index is 5.53. The Morgan fingerprint density at radius 1 is 1.05 bits per heavy atom. The predicted molar refractivity (Wildman–Crippen MR) is 83.0 cm³/mol. The zero-order valence-electron chi connectivity index (χ0n) is 12.6. The molecule has 4 N–H and O–H groups in total. The third kappa shape index (κ3) is 8.09. The van der Waals surface area contributed by atoms with Gasteiger partial charge in [-0.3, -0.25) is 10.4 Å². The lowest BCUT2D eigenvalue weighted by molar-refractivity contribution is 0.410. The third-order valence-electron chi connectivity index (χ3n) is 3.86. The van der Waals surface area contributed by atoms with Crippen molar-refractivity contribution in [2.45, 2.75) is 83.6 Å². The van der Waals surface area contributed by atoms with Gasteiger partial charge in [0.05, 0.1) is 0 Å². The summed E-state index contributed by atoms with van der Waals surface area (Å²) in [6.45, 7) is 3.13. The van der Waals surface area contributed by atoms with E-state index in [4.69, 9.17) is 5.84 Å². The molecule has 0 unspecified atom stereocenters. The van der Waals surface area contributed by atoms with Crippen LogP contribution in [0.15, 0.2) is 4.99 Å². The van der Waals surface area contributed by atoms with Crippen molar-refractivity contribution in [1.82, 2.24) is 10.7 Å². The second kappa shape index (κ2) is 11.1. The zero-order chi connectivity index (χ0) is 13.8. The number of aliphatic imine (C=N–C) groups is 1. The lowest BCUT2D eigenvalue weighted by Crippen LogP contribution is -2.47. The molecule has 1 aliphatic carbocycles. The van der Waals surface area contributed by atoms with E-state index in [9.17, 15) is 0 Å². The van der Waals surface area contributed by atoms with Crippen LogP contribution in [0.3, 0.4) is 0 Å². The van der Waals surface area contributed by atoms with Crippen LogP contribution >= 0.6 is 0 Å². The summed E-state index contributed by atoms with van der Waals surface area (Å²) < 4.78 is 0. The number of hydrazine groups is 1. The van der Waals surface area contributed by atoms with Crippen LogP contribution in [-0.4, -0.2) is 18.5 Å². The van der Waals surface area contributed by atoms with E-state index in [2.05, 4.69) is 22.7 Å². The Bertz CT molecular complexity index is 234. The van der Waals surface area contributed by atoms with Gasteiger partial charge in [-0.2, -0.15) is 0 Å². The minimum absolute atomic E-state index is 0.563. The van der Waals surface area contributed by atoms with E-state index in [0.29, 0.717) is 6.04 Å². The van der Waals surface area contributed by atoms with Crippen LogP contribution in [0.4, 0.5) is 0 Å². The Hall–Kier alpha value is -0.770. The Labute approximate surface area is 118 Å². The molecule has 1 fully saturated rings. The van der Waals surface area contributed by atoms with Crippen molar-refractivity contribution in [3.8, 4) is 0 Å². The predicted octanol–water partition coefficient (Wildman–Crippen LogP) is 3.09. The molecule has 4 heteroatoms. The summed E-state index contributed by atoms with van der Waals surface area (Å²) in [4.78, 5) is 4.52. The molecule has 0 aliphatic heterocycles. The summed E-state index contributed by atoms with van der Waals surface area (Å²) in [6, 6.07) is 0.563. The summed E-state index contributed by atoms with van der Waals surface area (Å²) in [5.74, 6) is 6.31. The highest BCUT2D eigenvalue weighted by molar-refractivity contribution is 5.79. The number of nitrogens with two attached hydrogens (primary N) is 1. The molecule has 4 nitrogen and oxygen atoms in total. The summed E-state index contributed by atoms with van der Waals surface area (Å²) >= 11 is 0. The first-order valence-corrected chi connectivity index (χ1v) is 8.14. The number of hydrogen-bond donors (Lipinski definition) is 3. The van der Waals surface area contributed by atoms with E-state index in [-0.39, 0.29) is 0 Å². The quantitative estimate of drug-likeness (QED) is 0.208. The number of nitrogens with zero attached hydrogens (tertiary/aromatic N) is 1. The molecule has 1 rings (SSSR count). The average molecular weight is 268 g/mol. The molecule has 0 bridgehead atoms. The Morgan fingerprint density at radius 2 is 1.74 bits per heavy atom. The fourth-order valence-electron chi connectivity index (χ4n) is 2.66. The second-order valence-electron chi connectivity index (χ2n) is 5.62. The first-order valence-electron chi connectivity index (χ1n) is 8.14. The molecule has 0 spiro atoms. The molecular formula is C15H32N4. The van der Waals surface area contributed by atoms with Crippen molar-refractivity contribution in [2.24, 2.45) is 10.8 Å². The minimum Gasteiger partial charge on any atom is -0.353 e. The Balaban J connectivity index is 2.09. The topological polar surface area (TPSA) is 62.4 Å². The van der Waals surface area contributed by atoms with Crippen LogP contribution in [0.25, 0.3) is 0 Å². The zero-order valence-corrected chi connectivity index (χ0v) is 12.6. The van der Waals surface area contributed by atoms with Gasteiger partial charge < -0.3 is 5.32 Å². The highest BCUT2D eigenvalue weighted by Gasteiger charge is 2.13. The van der Waals surface area contributed by atoms with Gasteiger partial charge in [0, 0.05) is 12.6 Å². The second-order valence-corrected chi connectivity index (χ2v) is 5.62. The molecule has 0 atom stereocenters. The number of nitrogens with one attached hydrogen (secondary N) is 2. The maximum Gasteiger partial charge on any atom is 0.205 e. The SMILES string of the molecule is CCCCCCCCN=C(NN)NC1CCCCC1. The van der Waals surface area contributed by atoms with E-state index >= 15 is 0 Å². The molecule has 0 amide bonds. The van der Waals surface area contributed by atoms with Gasteiger partial charge in [-0.25, -0.2) is 5.84 Å². The van der Waals surface area contributed by atoms with Crippen LogP contribution in [-0.2, 0) is 0 Å². The first kappa shape index (κ1) is 16.3. The molecule has 19 heavy (non-hydrogen) atoms. The number of guanidine groups is 1. The summed E-state index contributed by atoms with van der Waals surface area (Å²) in [7, 11) is 0. The molecule has 0 aromatic carbocycles. The number of unbranched alkanes of at least 4 members (excludes halogenated alkanes) is 5. The van der Waals surface area contributed by atoms with Crippen molar-refractivity contribution in [1.29, 1.82) is 0 Å². The number of hydrogen-bond acceptors (Lipinski definition) is 2. The molecule has 0 heterocycles. The fraction of sp³-hybridized carbons (Fsp3) is 0.933. The highest BCUT2D eigenvalue weighted by Crippen LogP contribution is 2.17. The van der Waals surface area contributed by atoms with Crippen molar-refractivity contribution >= 4 is 5.96 Å². The molecule has 112 valence electrons.